The van der Waals surface area contributed by atoms with Crippen LogP contribution in [0.4, 0.5) is 0 Å². The van der Waals surface area contributed by atoms with Gasteiger partial charge in [-0.15, -0.1) is 0 Å². The van der Waals surface area contributed by atoms with Gasteiger partial charge >= 0.3 is 5.97 Å². The molecule has 2 aromatic rings. The highest BCUT2D eigenvalue weighted by Crippen LogP contribution is 2.19. The number of aromatic carboxylic acids is 1. The Morgan fingerprint density at radius 3 is 2.10 bits per heavy atom. The Kier molecular flexibility index (Phi) is 5.26. The summed E-state index contributed by atoms with van der Waals surface area (Å²) in [7, 11) is 1.70. The van der Waals surface area contributed by atoms with Crippen LogP contribution in [0.15, 0.2) is 41.3 Å². The molecule has 20 heavy (non-hydrogen) atoms. The average molecular weight is 273 g/mol. The van der Waals surface area contributed by atoms with Gasteiger partial charge in [0.15, 0.2) is 0 Å². The van der Waals surface area contributed by atoms with Crippen molar-refractivity contribution in [1.29, 1.82) is 0 Å². The van der Waals surface area contributed by atoms with Gasteiger partial charge in [-0.05, 0) is 36.2 Å². The molecule has 0 spiro atoms. The number of hydrogen-bond donors (Lipinski definition) is 1. The Hall–Kier alpha value is -2.36. The van der Waals surface area contributed by atoms with E-state index in [1.165, 1.54) is 4.57 Å². The zero-order chi connectivity index (χ0) is 15.3. The zero-order valence-electron chi connectivity index (χ0n) is 12.2. The number of benzene rings is 1. The number of aromatic nitrogens is 1. The van der Waals surface area contributed by atoms with E-state index in [2.05, 4.69) is 0 Å². The fraction of sp³-hybridized carbons (Fsp3) is 0.250. The molecule has 1 heterocycles. The van der Waals surface area contributed by atoms with Gasteiger partial charge in [0.25, 0.3) is 5.56 Å². The highest BCUT2D eigenvalue weighted by Gasteiger charge is 2.05. The first-order valence-electron chi connectivity index (χ1n) is 6.50. The summed E-state index contributed by atoms with van der Waals surface area (Å²) in [5.41, 5.74) is 2.67. The van der Waals surface area contributed by atoms with Crippen LogP contribution in [-0.4, -0.2) is 15.6 Å². The van der Waals surface area contributed by atoms with E-state index in [0.717, 1.165) is 11.1 Å². The average Bonchev–Trinajstić information content (AvgIpc) is 2.46. The van der Waals surface area contributed by atoms with Crippen LogP contribution in [0.3, 0.4) is 0 Å². The first kappa shape index (κ1) is 15.7. The van der Waals surface area contributed by atoms with Crippen molar-refractivity contribution in [2.24, 2.45) is 7.05 Å². The highest BCUT2D eigenvalue weighted by molar-refractivity contribution is 5.88. The molecule has 106 valence electrons. The number of pyridine rings is 1. The molecule has 0 saturated heterocycles. The molecule has 4 nitrogen and oxygen atoms in total. The number of carbonyl (C=O) groups is 1. The van der Waals surface area contributed by atoms with Crippen LogP contribution >= 0.6 is 0 Å². The lowest BCUT2D eigenvalue weighted by molar-refractivity contribution is 0.0697. The summed E-state index contributed by atoms with van der Waals surface area (Å²) in [5.74, 6) is -0.946. The lowest BCUT2D eigenvalue weighted by atomic mass is 10.0. The van der Waals surface area contributed by atoms with Crippen LogP contribution in [0.25, 0.3) is 11.1 Å². The van der Waals surface area contributed by atoms with Gasteiger partial charge in [-0.25, -0.2) is 4.79 Å². The molecule has 4 heteroatoms. The molecule has 0 fully saturated rings. The standard InChI is InChI=1S/C14H13NO3.C2H6/c1-9-7-12(8-15(2)13(9)16)10-3-5-11(6-4-10)14(17)18;1-2/h3-8H,1-2H3,(H,17,18);1-2H3. The minimum Gasteiger partial charge on any atom is -0.478 e. The SMILES string of the molecule is CC.Cc1cc(-c2ccc(C(=O)O)cc2)cn(C)c1=O. The van der Waals surface area contributed by atoms with Crippen molar-refractivity contribution in [3.63, 3.8) is 0 Å². The fourth-order valence-electron chi connectivity index (χ4n) is 1.84. The van der Waals surface area contributed by atoms with Crippen LogP contribution in [0.1, 0.15) is 29.8 Å². The maximum atomic E-state index is 11.6. The number of nitrogens with zero attached hydrogens (tertiary/aromatic N) is 1. The van der Waals surface area contributed by atoms with Crippen LogP contribution < -0.4 is 5.56 Å². The maximum absolute atomic E-state index is 11.6. The zero-order valence-corrected chi connectivity index (χ0v) is 12.2. The Balaban J connectivity index is 0.000000956. The molecular weight excluding hydrogens is 254 g/mol. The van der Waals surface area contributed by atoms with Crippen LogP contribution in [0.5, 0.6) is 0 Å². The highest BCUT2D eigenvalue weighted by atomic mass is 16.4. The molecule has 1 aromatic heterocycles. The van der Waals surface area contributed by atoms with Crippen LogP contribution in [-0.2, 0) is 7.05 Å². The van der Waals surface area contributed by atoms with Gasteiger partial charge in [0.2, 0.25) is 0 Å². The van der Waals surface area contributed by atoms with Crippen molar-refractivity contribution in [1.82, 2.24) is 4.57 Å². The summed E-state index contributed by atoms with van der Waals surface area (Å²) < 4.78 is 1.52. The fourth-order valence-corrected chi connectivity index (χ4v) is 1.84. The maximum Gasteiger partial charge on any atom is 0.335 e. The van der Waals surface area contributed by atoms with E-state index >= 15 is 0 Å². The van der Waals surface area contributed by atoms with Gasteiger partial charge in [-0.3, -0.25) is 4.79 Å². The number of aryl methyl sites for hydroxylation is 2. The van der Waals surface area contributed by atoms with Crippen molar-refractivity contribution in [2.45, 2.75) is 20.8 Å². The van der Waals surface area contributed by atoms with Crippen molar-refractivity contribution in [2.75, 3.05) is 0 Å². The van der Waals surface area contributed by atoms with E-state index in [0.29, 0.717) is 5.56 Å². The first-order chi connectivity index (χ1) is 9.49. The van der Waals surface area contributed by atoms with Crippen molar-refractivity contribution in [3.8, 4) is 11.1 Å². The second kappa shape index (κ2) is 6.70. The van der Waals surface area contributed by atoms with Crippen LogP contribution in [0.2, 0.25) is 0 Å². The van der Waals surface area contributed by atoms with Crippen molar-refractivity contribution < 1.29 is 9.90 Å². The molecule has 0 bridgehead atoms. The molecule has 1 aromatic carbocycles. The van der Waals surface area contributed by atoms with Gasteiger partial charge in [0, 0.05) is 18.8 Å². The molecular formula is C16H19NO3. The second-order valence-electron chi connectivity index (χ2n) is 4.21. The third kappa shape index (κ3) is 3.35. The second-order valence-corrected chi connectivity index (χ2v) is 4.21. The first-order valence-corrected chi connectivity index (χ1v) is 6.50. The molecule has 0 aliphatic carbocycles. The molecule has 0 atom stereocenters. The molecule has 0 saturated carbocycles. The third-order valence-electron chi connectivity index (χ3n) is 2.83. The van der Waals surface area contributed by atoms with Crippen molar-refractivity contribution in [3.05, 3.63) is 58.0 Å². The minimum atomic E-state index is -0.946. The number of hydrogen-bond acceptors (Lipinski definition) is 2. The molecule has 0 unspecified atom stereocenters. The van der Waals surface area contributed by atoms with E-state index in [1.54, 1.807) is 50.5 Å². The molecule has 0 radical (unpaired) electrons. The van der Waals surface area contributed by atoms with Gasteiger partial charge in [0.05, 0.1) is 5.56 Å². The van der Waals surface area contributed by atoms with Gasteiger partial charge in [-0.1, -0.05) is 26.0 Å². The lowest BCUT2D eigenvalue weighted by Crippen LogP contribution is -2.18. The van der Waals surface area contributed by atoms with E-state index in [1.807, 2.05) is 13.8 Å². The summed E-state index contributed by atoms with van der Waals surface area (Å²) >= 11 is 0. The number of carboxylic acids is 1. The summed E-state index contributed by atoms with van der Waals surface area (Å²) in [6.45, 7) is 5.76. The van der Waals surface area contributed by atoms with Crippen molar-refractivity contribution >= 4 is 5.97 Å². The molecule has 0 aliphatic rings. The summed E-state index contributed by atoms with van der Waals surface area (Å²) in [6, 6.07) is 8.39. The predicted octanol–water partition coefficient (Wildman–Crippen LogP) is 3.09. The number of carboxylic acid groups (broad SMARTS) is 1. The minimum absolute atomic E-state index is 0.0269. The van der Waals surface area contributed by atoms with E-state index in [9.17, 15) is 9.59 Å². The van der Waals surface area contributed by atoms with E-state index in [4.69, 9.17) is 5.11 Å². The monoisotopic (exact) mass is 273 g/mol. The third-order valence-corrected chi connectivity index (χ3v) is 2.83. The topological polar surface area (TPSA) is 59.3 Å². The van der Waals surface area contributed by atoms with Gasteiger partial charge in [0.1, 0.15) is 0 Å². The largest absolute Gasteiger partial charge is 0.478 e. The van der Waals surface area contributed by atoms with Gasteiger partial charge < -0.3 is 9.67 Å². The number of rotatable bonds is 2. The Labute approximate surface area is 118 Å². The van der Waals surface area contributed by atoms with E-state index in [-0.39, 0.29) is 11.1 Å². The summed E-state index contributed by atoms with van der Waals surface area (Å²) in [6.07, 6.45) is 1.74. The smallest absolute Gasteiger partial charge is 0.335 e. The molecule has 0 aliphatic heterocycles. The normalized spacial score (nSPS) is 9.60. The van der Waals surface area contributed by atoms with Crippen LogP contribution in [0, 0.1) is 6.92 Å². The quantitative estimate of drug-likeness (QED) is 0.914. The summed E-state index contributed by atoms with van der Waals surface area (Å²) in [5, 5.41) is 8.83. The molecule has 2 rings (SSSR count). The van der Waals surface area contributed by atoms with E-state index < -0.39 is 5.97 Å². The predicted molar refractivity (Wildman–Crippen MR) is 80.2 cm³/mol. The summed E-state index contributed by atoms with van der Waals surface area (Å²) in [4.78, 5) is 22.3. The Morgan fingerprint density at radius 1 is 1.10 bits per heavy atom. The van der Waals surface area contributed by atoms with Gasteiger partial charge in [-0.2, -0.15) is 0 Å². The Bertz CT molecular complexity index is 628. The lowest BCUT2D eigenvalue weighted by Gasteiger charge is -2.06. The molecule has 0 amide bonds. The molecule has 1 N–H and O–H groups in total. The Morgan fingerprint density at radius 2 is 1.65 bits per heavy atom.